The molecule has 1 rings (SSSR count). The number of amides is 1. The topological polar surface area (TPSA) is 55.6 Å². The summed E-state index contributed by atoms with van der Waals surface area (Å²) in [4.78, 5) is 17.2. The Morgan fingerprint density at radius 1 is 1.57 bits per heavy atom. The number of nitrogens with two attached hydrogens (primary N) is 1. The van der Waals surface area contributed by atoms with Crippen LogP contribution in [0.5, 0.6) is 0 Å². The fraction of sp³-hybridized carbons (Fsp3) is 0.900. The van der Waals surface area contributed by atoms with Gasteiger partial charge in [-0.1, -0.05) is 13.8 Å². The minimum absolute atomic E-state index is 0.0403. The lowest BCUT2D eigenvalue weighted by molar-refractivity contribution is -0.206. The maximum atomic E-state index is 11.6. The molecule has 14 heavy (non-hydrogen) atoms. The van der Waals surface area contributed by atoms with E-state index in [1.54, 1.807) is 0 Å². The third kappa shape index (κ3) is 2.25. The Kier molecular flexibility index (Phi) is 3.17. The number of hydroxylamine groups is 2. The molecule has 0 saturated carbocycles. The van der Waals surface area contributed by atoms with Gasteiger partial charge in [0.05, 0.1) is 13.0 Å². The maximum Gasteiger partial charge on any atom is 0.249 e. The molecule has 2 unspecified atom stereocenters. The summed E-state index contributed by atoms with van der Waals surface area (Å²) in [7, 11) is 0. The van der Waals surface area contributed by atoms with Crippen LogP contribution >= 0.6 is 0 Å². The highest BCUT2D eigenvalue weighted by Gasteiger charge is 2.43. The normalized spacial score (nSPS) is 30.1. The van der Waals surface area contributed by atoms with E-state index in [1.165, 1.54) is 5.06 Å². The Bertz CT molecular complexity index is 228. The minimum Gasteiger partial charge on any atom is -0.326 e. The van der Waals surface area contributed by atoms with Crippen molar-refractivity contribution in [2.24, 2.45) is 11.7 Å². The number of hydrogen-bond donors (Lipinski definition) is 1. The Labute approximate surface area is 85.3 Å². The maximum absolute atomic E-state index is 11.6. The molecule has 1 heterocycles. The quantitative estimate of drug-likeness (QED) is 0.736. The molecule has 1 aliphatic rings. The fourth-order valence-corrected chi connectivity index (χ4v) is 1.43. The zero-order valence-corrected chi connectivity index (χ0v) is 9.41. The molecule has 4 nitrogen and oxygen atoms in total. The zero-order chi connectivity index (χ0) is 10.9. The van der Waals surface area contributed by atoms with Gasteiger partial charge in [0, 0.05) is 6.04 Å². The van der Waals surface area contributed by atoms with Crippen molar-refractivity contribution in [3.05, 3.63) is 0 Å². The third-order valence-electron chi connectivity index (χ3n) is 2.77. The summed E-state index contributed by atoms with van der Waals surface area (Å²) in [5, 5.41) is 1.41. The molecule has 1 saturated heterocycles. The number of carbonyl (C=O) groups is 1. The van der Waals surface area contributed by atoms with Gasteiger partial charge in [0.15, 0.2) is 0 Å². The first-order chi connectivity index (χ1) is 6.35. The van der Waals surface area contributed by atoms with Crippen LogP contribution in [0.2, 0.25) is 0 Å². The molecule has 0 bridgehead atoms. The predicted molar refractivity (Wildman–Crippen MR) is 54.3 cm³/mol. The predicted octanol–water partition coefficient (Wildman–Crippen LogP) is 0.912. The van der Waals surface area contributed by atoms with Gasteiger partial charge in [0.2, 0.25) is 5.91 Å². The molecule has 2 N–H and O–H groups in total. The molecular formula is C10H20N2O2. The van der Waals surface area contributed by atoms with Crippen LogP contribution in [0.25, 0.3) is 0 Å². The molecule has 0 radical (unpaired) electrons. The van der Waals surface area contributed by atoms with E-state index in [2.05, 4.69) is 13.8 Å². The van der Waals surface area contributed by atoms with Crippen LogP contribution in [0.15, 0.2) is 0 Å². The van der Waals surface area contributed by atoms with Crippen LogP contribution in [0.3, 0.4) is 0 Å². The number of hydrogen-bond acceptors (Lipinski definition) is 3. The highest BCUT2D eigenvalue weighted by Crippen LogP contribution is 2.33. The van der Waals surface area contributed by atoms with Crippen LogP contribution in [-0.2, 0) is 9.63 Å². The van der Waals surface area contributed by atoms with Crippen molar-refractivity contribution >= 4 is 5.91 Å². The van der Waals surface area contributed by atoms with Gasteiger partial charge in [-0.3, -0.25) is 9.63 Å². The summed E-state index contributed by atoms with van der Waals surface area (Å²) >= 11 is 0. The lowest BCUT2D eigenvalue weighted by atomic mass is 9.90. The van der Waals surface area contributed by atoms with Gasteiger partial charge in [-0.15, -0.1) is 0 Å². The van der Waals surface area contributed by atoms with Crippen LogP contribution in [-0.4, -0.2) is 29.2 Å². The number of carbonyl (C=O) groups excluding carboxylic acids is 1. The standard InChI is InChI=1S/C10H20N2O2/c1-7(2)10(4)5-9(13)12(14-10)6-8(3)11/h7-8H,5-6,11H2,1-4H3. The molecule has 0 aromatic heterocycles. The summed E-state index contributed by atoms with van der Waals surface area (Å²) in [5.41, 5.74) is 5.27. The molecule has 2 atom stereocenters. The van der Waals surface area contributed by atoms with Gasteiger partial charge in [-0.25, -0.2) is 5.06 Å². The van der Waals surface area contributed by atoms with Crippen LogP contribution in [0.1, 0.15) is 34.1 Å². The number of rotatable bonds is 3. The molecule has 0 aliphatic carbocycles. The average Bonchev–Trinajstić information content (AvgIpc) is 2.27. The second kappa shape index (κ2) is 3.87. The van der Waals surface area contributed by atoms with E-state index in [0.717, 1.165) is 0 Å². The van der Waals surface area contributed by atoms with Gasteiger partial charge in [-0.05, 0) is 19.8 Å². The molecule has 4 heteroatoms. The van der Waals surface area contributed by atoms with Gasteiger partial charge >= 0.3 is 0 Å². The summed E-state index contributed by atoms with van der Waals surface area (Å²) in [5.74, 6) is 0.364. The first-order valence-corrected chi connectivity index (χ1v) is 5.10. The van der Waals surface area contributed by atoms with E-state index in [1.807, 2.05) is 13.8 Å². The Balaban J connectivity index is 2.64. The lowest BCUT2D eigenvalue weighted by Gasteiger charge is -2.28. The van der Waals surface area contributed by atoms with E-state index in [4.69, 9.17) is 10.6 Å². The lowest BCUT2D eigenvalue weighted by Crippen LogP contribution is -2.38. The van der Waals surface area contributed by atoms with Crippen molar-refractivity contribution in [2.45, 2.75) is 45.8 Å². The second-order valence-electron chi connectivity index (χ2n) is 4.67. The summed E-state index contributed by atoms with van der Waals surface area (Å²) in [6, 6.07) is -0.0477. The Morgan fingerprint density at radius 2 is 2.14 bits per heavy atom. The molecule has 82 valence electrons. The van der Waals surface area contributed by atoms with Gasteiger partial charge in [-0.2, -0.15) is 0 Å². The molecule has 1 amide bonds. The van der Waals surface area contributed by atoms with E-state index < -0.39 is 0 Å². The zero-order valence-electron chi connectivity index (χ0n) is 9.41. The highest BCUT2D eigenvalue weighted by molar-refractivity contribution is 5.78. The smallest absolute Gasteiger partial charge is 0.249 e. The van der Waals surface area contributed by atoms with Crippen molar-refractivity contribution in [3.8, 4) is 0 Å². The largest absolute Gasteiger partial charge is 0.326 e. The highest BCUT2D eigenvalue weighted by atomic mass is 16.7. The summed E-state index contributed by atoms with van der Waals surface area (Å²) < 4.78 is 0. The second-order valence-corrected chi connectivity index (χ2v) is 4.67. The van der Waals surface area contributed by atoms with Crippen LogP contribution in [0.4, 0.5) is 0 Å². The average molecular weight is 200 g/mol. The van der Waals surface area contributed by atoms with E-state index in [-0.39, 0.29) is 17.6 Å². The van der Waals surface area contributed by atoms with Crippen LogP contribution < -0.4 is 5.73 Å². The van der Waals surface area contributed by atoms with Crippen LogP contribution in [0, 0.1) is 5.92 Å². The number of nitrogens with zero attached hydrogens (tertiary/aromatic N) is 1. The fourth-order valence-electron chi connectivity index (χ4n) is 1.43. The van der Waals surface area contributed by atoms with Crippen molar-refractivity contribution < 1.29 is 9.63 Å². The molecule has 1 fully saturated rings. The molecule has 0 spiro atoms. The van der Waals surface area contributed by atoms with E-state index in [9.17, 15) is 4.79 Å². The molecule has 0 aromatic carbocycles. The summed E-state index contributed by atoms with van der Waals surface area (Å²) in [6.45, 7) is 8.42. The third-order valence-corrected chi connectivity index (χ3v) is 2.77. The summed E-state index contributed by atoms with van der Waals surface area (Å²) in [6.07, 6.45) is 0.456. The Morgan fingerprint density at radius 3 is 2.50 bits per heavy atom. The van der Waals surface area contributed by atoms with Crippen molar-refractivity contribution in [1.29, 1.82) is 0 Å². The molecule has 1 aliphatic heterocycles. The van der Waals surface area contributed by atoms with E-state index >= 15 is 0 Å². The van der Waals surface area contributed by atoms with Gasteiger partial charge in [0.1, 0.15) is 5.60 Å². The van der Waals surface area contributed by atoms with Crippen molar-refractivity contribution in [1.82, 2.24) is 5.06 Å². The first-order valence-electron chi connectivity index (χ1n) is 5.10. The first kappa shape index (κ1) is 11.5. The van der Waals surface area contributed by atoms with Gasteiger partial charge in [0.25, 0.3) is 0 Å². The van der Waals surface area contributed by atoms with E-state index in [0.29, 0.717) is 18.9 Å². The Hall–Kier alpha value is -0.610. The van der Waals surface area contributed by atoms with Crippen molar-refractivity contribution in [2.75, 3.05) is 6.54 Å². The molecule has 0 aromatic rings. The van der Waals surface area contributed by atoms with Gasteiger partial charge < -0.3 is 5.73 Å². The monoisotopic (exact) mass is 200 g/mol. The minimum atomic E-state index is -0.355. The molecular weight excluding hydrogens is 180 g/mol. The van der Waals surface area contributed by atoms with Crippen molar-refractivity contribution in [3.63, 3.8) is 0 Å². The SMILES string of the molecule is CC(N)CN1OC(C)(C(C)C)CC1=O.